The molecule has 0 saturated heterocycles. The number of ether oxygens (including phenoxy) is 1. The zero-order valence-electron chi connectivity index (χ0n) is 10.9. The van der Waals surface area contributed by atoms with E-state index in [0.717, 1.165) is 23.2 Å². The van der Waals surface area contributed by atoms with Crippen molar-refractivity contribution in [3.63, 3.8) is 0 Å². The lowest BCUT2D eigenvalue weighted by Crippen LogP contribution is -2.16. The standard InChI is InChI=1S/C14H15IN2O2/c1-3-11-12(15)14(18)17-13(16-11)10-7-5-4-6-9(10)8-19-2/h4-7H,3,8H2,1-2H3,(H,16,17,18). The van der Waals surface area contributed by atoms with Gasteiger partial charge in [0.05, 0.1) is 15.9 Å². The molecule has 5 heteroatoms. The van der Waals surface area contributed by atoms with E-state index < -0.39 is 0 Å². The minimum absolute atomic E-state index is 0.0883. The predicted molar refractivity (Wildman–Crippen MR) is 83.1 cm³/mol. The molecule has 1 aromatic heterocycles. The maximum absolute atomic E-state index is 11.9. The molecule has 0 saturated carbocycles. The molecule has 100 valence electrons. The summed E-state index contributed by atoms with van der Waals surface area (Å²) < 4.78 is 5.84. The Morgan fingerprint density at radius 2 is 2.11 bits per heavy atom. The van der Waals surface area contributed by atoms with Crippen molar-refractivity contribution < 1.29 is 4.74 Å². The average Bonchev–Trinajstić information content (AvgIpc) is 2.43. The van der Waals surface area contributed by atoms with E-state index >= 15 is 0 Å². The van der Waals surface area contributed by atoms with Crippen molar-refractivity contribution in [3.05, 3.63) is 49.4 Å². The molecule has 2 aromatic rings. The quantitative estimate of drug-likeness (QED) is 0.843. The second kappa shape index (κ2) is 6.29. The number of aromatic nitrogens is 2. The van der Waals surface area contributed by atoms with Crippen molar-refractivity contribution in [2.45, 2.75) is 20.0 Å². The van der Waals surface area contributed by atoms with Gasteiger partial charge in [0.1, 0.15) is 5.82 Å². The van der Waals surface area contributed by atoms with Crippen LogP contribution in [0.25, 0.3) is 11.4 Å². The van der Waals surface area contributed by atoms with Crippen LogP contribution in [0.2, 0.25) is 0 Å². The summed E-state index contributed by atoms with van der Waals surface area (Å²) in [5.74, 6) is 0.606. The van der Waals surface area contributed by atoms with Gasteiger partial charge in [0, 0.05) is 12.7 Å². The van der Waals surface area contributed by atoms with Crippen LogP contribution in [0.1, 0.15) is 18.2 Å². The van der Waals surface area contributed by atoms with Crippen molar-refractivity contribution in [1.29, 1.82) is 0 Å². The Morgan fingerprint density at radius 1 is 1.37 bits per heavy atom. The van der Waals surface area contributed by atoms with Gasteiger partial charge < -0.3 is 9.72 Å². The number of aromatic amines is 1. The van der Waals surface area contributed by atoms with Gasteiger partial charge in [-0.2, -0.15) is 0 Å². The summed E-state index contributed by atoms with van der Waals surface area (Å²) in [6.07, 6.45) is 0.738. The highest BCUT2D eigenvalue weighted by Gasteiger charge is 2.11. The van der Waals surface area contributed by atoms with E-state index in [2.05, 4.69) is 9.97 Å². The van der Waals surface area contributed by atoms with Gasteiger partial charge in [0.2, 0.25) is 0 Å². The zero-order chi connectivity index (χ0) is 13.8. The fourth-order valence-electron chi connectivity index (χ4n) is 1.90. The molecule has 0 aliphatic heterocycles. The van der Waals surface area contributed by atoms with Crippen LogP contribution in [0.5, 0.6) is 0 Å². The summed E-state index contributed by atoms with van der Waals surface area (Å²) in [6, 6.07) is 7.79. The predicted octanol–water partition coefficient (Wildman–Crippen LogP) is 2.75. The highest BCUT2D eigenvalue weighted by Crippen LogP contribution is 2.21. The number of methoxy groups -OCH3 is 1. The Bertz CT molecular complexity index is 638. The Labute approximate surface area is 125 Å². The SMILES string of the molecule is CCc1nc(-c2ccccc2COC)[nH]c(=O)c1I. The molecule has 0 radical (unpaired) electrons. The Hall–Kier alpha value is -1.21. The van der Waals surface area contributed by atoms with Gasteiger partial charge in [-0.1, -0.05) is 31.2 Å². The zero-order valence-corrected chi connectivity index (χ0v) is 13.0. The number of rotatable bonds is 4. The van der Waals surface area contributed by atoms with Crippen molar-refractivity contribution in [3.8, 4) is 11.4 Å². The van der Waals surface area contributed by atoms with Crippen LogP contribution >= 0.6 is 22.6 Å². The first-order chi connectivity index (χ1) is 9.17. The fraction of sp³-hybridized carbons (Fsp3) is 0.286. The topological polar surface area (TPSA) is 55.0 Å². The molecule has 19 heavy (non-hydrogen) atoms. The number of halogens is 1. The van der Waals surface area contributed by atoms with E-state index in [4.69, 9.17) is 4.74 Å². The summed E-state index contributed by atoms with van der Waals surface area (Å²) in [5.41, 5.74) is 2.66. The number of aryl methyl sites for hydroxylation is 1. The van der Waals surface area contributed by atoms with Crippen LogP contribution in [0, 0.1) is 3.57 Å². The van der Waals surface area contributed by atoms with Crippen LogP contribution in [0.15, 0.2) is 29.1 Å². The lowest BCUT2D eigenvalue weighted by molar-refractivity contribution is 0.185. The fourth-order valence-corrected chi connectivity index (χ4v) is 2.54. The van der Waals surface area contributed by atoms with E-state index in [-0.39, 0.29) is 5.56 Å². The Kier molecular flexibility index (Phi) is 4.71. The minimum atomic E-state index is -0.0883. The van der Waals surface area contributed by atoms with Crippen LogP contribution in [0.4, 0.5) is 0 Å². The van der Waals surface area contributed by atoms with E-state index in [0.29, 0.717) is 16.0 Å². The van der Waals surface area contributed by atoms with E-state index in [1.54, 1.807) is 7.11 Å². The van der Waals surface area contributed by atoms with E-state index in [1.165, 1.54) is 0 Å². The van der Waals surface area contributed by atoms with E-state index in [9.17, 15) is 4.79 Å². The van der Waals surface area contributed by atoms with Gasteiger partial charge in [-0.3, -0.25) is 4.79 Å². The van der Waals surface area contributed by atoms with Gasteiger partial charge in [0.25, 0.3) is 5.56 Å². The second-order valence-corrected chi connectivity index (χ2v) is 5.20. The van der Waals surface area contributed by atoms with Gasteiger partial charge in [-0.15, -0.1) is 0 Å². The first-order valence-electron chi connectivity index (χ1n) is 6.03. The van der Waals surface area contributed by atoms with E-state index in [1.807, 2.05) is 53.8 Å². The third-order valence-corrected chi connectivity index (χ3v) is 3.95. The number of benzene rings is 1. The van der Waals surface area contributed by atoms with Crippen LogP contribution < -0.4 is 5.56 Å². The third-order valence-electron chi connectivity index (χ3n) is 2.84. The molecule has 1 heterocycles. The molecule has 0 amide bonds. The largest absolute Gasteiger partial charge is 0.380 e. The molecular formula is C14H15IN2O2. The molecule has 4 nitrogen and oxygen atoms in total. The molecule has 1 aromatic carbocycles. The molecular weight excluding hydrogens is 355 g/mol. The Balaban J connectivity index is 2.59. The lowest BCUT2D eigenvalue weighted by Gasteiger charge is -2.09. The second-order valence-electron chi connectivity index (χ2n) is 4.12. The Morgan fingerprint density at radius 3 is 2.79 bits per heavy atom. The third kappa shape index (κ3) is 3.03. The number of hydrogen-bond donors (Lipinski definition) is 1. The highest BCUT2D eigenvalue weighted by molar-refractivity contribution is 14.1. The minimum Gasteiger partial charge on any atom is -0.380 e. The molecule has 0 spiro atoms. The van der Waals surface area contributed by atoms with Crippen molar-refractivity contribution in [2.24, 2.45) is 0 Å². The van der Waals surface area contributed by atoms with Crippen LogP contribution in [0.3, 0.4) is 0 Å². The van der Waals surface area contributed by atoms with Crippen molar-refractivity contribution in [1.82, 2.24) is 9.97 Å². The first-order valence-corrected chi connectivity index (χ1v) is 7.11. The van der Waals surface area contributed by atoms with Gasteiger partial charge in [0.15, 0.2) is 0 Å². The molecule has 0 fully saturated rings. The summed E-state index contributed by atoms with van der Waals surface area (Å²) in [7, 11) is 1.65. The molecule has 0 atom stereocenters. The highest BCUT2D eigenvalue weighted by atomic mass is 127. The summed E-state index contributed by atoms with van der Waals surface area (Å²) in [6.45, 7) is 2.49. The molecule has 0 bridgehead atoms. The maximum atomic E-state index is 11.9. The first kappa shape index (κ1) is 14.2. The molecule has 1 N–H and O–H groups in total. The van der Waals surface area contributed by atoms with Crippen molar-refractivity contribution in [2.75, 3.05) is 7.11 Å². The average molecular weight is 370 g/mol. The van der Waals surface area contributed by atoms with Crippen LogP contribution in [-0.4, -0.2) is 17.1 Å². The summed E-state index contributed by atoms with van der Waals surface area (Å²) >= 11 is 2.04. The number of nitrogens with zero attached hydrogens (tertiary/aromatic N) is 1. The monoisotopic (exact) mass is 370 g/mol. The molecule has 0 unspecified atom stereocenters. The smallest absolute Gasteiger partial charge is 0.264 e. The lowest BCUT2D eigenvalue weighted by atomic mass is 10.1. The number of nitrogens with one attached hydrogen (secondary N) is 1. The molecule has 2 rings (SSSR count). The van der Waals surface area contributed by atoms with Gasteiger partial charge in [-0.25, -0.2) is 4.98 Å². The van der Waals surface area contributed by atoms with Gasteiger partial charge in [-0.05, 0) is 34.6 Å². The van der Waals surface area contributed by atoms with Crippen molar-refractivity contribution >= 4 is 22.6 Å². The number of hydrogen-bond acceptors (Lipinski definition) is 3. The summed E-state index contributed by atoms with van der Waals surface area (Å²) in [4.78, 5) is 19.3. The molecule has 0 aliphatic carbocycles. The van der Waals surface area contributed by atoms with Crippen LogP contribution in [-0.2, 0) is 17.8 Å². The number of H-pyrrole nitrogens is 1. The molecule has 0 aliphatic rings. The maximum Gasteiger partial charge on any atom is 0.264 e. The normalized spacial score (nSPS) is 10.7. The van der Waals surface area contributed by atoms with Gasteiger partial charge >= 0.3 is 0 Å². The summed E-state index contributed by atoms with van der Waals surface area (Å²) in [5, 5.41) is 0.